The maximum absolute atomic E-state index is 11.8. The zero-order chi connectivity index (χ0) is 22.0. The van der Waals surface area contributed by atoms with Crippen molar-refractivity contribution in [2.75, 3.05) is 7.11 Å². The number of ether oxygens (including phenoxy) is 1. The first kappa shape index (κ1) is 20.8. The number of aliphatic hydroxyl groups is 1. The predicted octanol–water partition coefficient (Wildman–Crippen LogP) is 3.35. The van der Waals surface area contributed by atoms with Crippen LogP contribution in [0.15, 0.2) is 83.8 Å². The third kappa shape index (κ3) is 4.22. The summed E-state index contributed by atoms with van der Waals surface area (Å²) in [6, 6.07) is 23.9. The van der Waals surface area contributed by atoms with Gasteiger partial charge in [-0.3, -0.25) is 0 Å². The Morgan fingerprint density at radius 2 is 1.68 bits per heavy atom. The van der Waals surface area contributed by atoms with Crippen LogP contribution < -0.4 is 9.88 Å². The van der Waals surface area contributed by atoms with Crippen molar-refractivity contribution in [1.82, 2.24) is 9.78 Å². The zero-order valence-corrected chi connectivity index (χ0v) is 17.6. The van der Waals surface area contributed by atoms with Gasteiger partial charge in [-0.05, 0) is 54.1 Å². The van der Waals surface area contributed by atoms with Crippen molar-refractivity contribution in [3.8, 4) is 34.0 Å². The van der Waals surface area contributed by atoms with Crippen molar-refractivity contribution in [2.24, 2.45) is 5.14 Å². The van der Waals surface area contributed by atoms with E-state index in [0.29, 0.717) is 5.69 Å². The van der Waals surface area contributed by atoms with Gasteiger partial charge < -0.3 is 9.84 Å². The molecule has 1 heterocycles. The van der Waals surface area contributed by atoms with E-state index in [4.69, 9.17) is 15.0 Å². The molecule has 0 bridgehead atoms. The summed E-state index contributed by atoms with van der Waals surface area (Å²) < 4.78 is 30.6. The van der Waals surface area contributed by atoms with E-state index in [1.165, 1.54) is 6.07 Å². The molecule has 0 radical (unpaired) electrons. The molecule has 0 amide bonds. The van der Waals surface area contributed by atoms with Crippen LogP contribution in [0, 0.1) is 0 Å². The van der Waals surface area contributed by atoms with Gasteiger partial charge in [0.05, 0.1) is 35.7 Å². The van der Waals surface area contributed by atoms with E-state index < -0.39 is 16.6 Å². The molecule has 0 saturated heterocycles. The van der Waals surface area contributed by atoms with Gasteiger partial charge in [-0.25, -0.2) is 18.2 Å². The van der Waals surface area contributed by atoms with Crippen LogP contribution in [0.1, 0.15) is 5.56 Å². The molecule has 0 aliphatic rings. The number of sulfonamides is 1. The number of nitrogens with zero attached hydrogens (tertiary/aromatic N) is 2. The SMILES string of the molecule is COc1ccc(-c2cc(-c3ccccc3)nn2-c2ccc(S(N)(=O)=O)c(CO)c2)cc1. The molecular weight excluding hydrogens is 414 g/mol. The smallest absolute Gasteiger partial charge is 0.238 e. The van der Waals surface area contributed by atoms with Crippen molar-refractivity contribution in [1.29, 1.82) is 0 Å². The van der Waals surface area contributed by atoms with E-state index in [9.17, 15) is 13.5 Å². The fraction of sp³-hybridized carbons (Fsp3) is 0.0870. The lowest BCUT2D eigenvalue weighted by Gasteiger charge is -2.12. The molecule has 0 atom stereocenters. The van der Waals surface area contributed by atoms with Crippen LogP contribution >= 0.6 is 0 Å². The van der Waals surface area contributed by atoms with Crippen molar-refractivity contribution in [3.63, 3.8) is 0 Å². The fourth-order valence-corrected chi connectivity index (χ4v) is 4.14. The zero-order valence-electron chi connectivity index (χ0n) is 16.8. The highest BCUT2D eigenvalue weighted by Crippen LogP contribution is 2.31. The Morgan fingerprint density at radius 3 is 2.29 bits per heavy atom. The molecule has 1 aromatic heterocycles. The highest BCUT2D eigenvalue weighted by molar-refractivity contribution is 7.89. The van der Waals surface area contributed by atoms with Gasteiger partial charge in [-0.15, -0.1) is 0 Å². The Kier molecular flexibility index (Phi) is 5.60. The van der Waals surface area contributed by atoms with Crippen LogP contribution in [0.3, 0.4) is 0 Å². The molecule has 4 aromatic rings. The molecular formula is C23H21N3O4S. The van der Waals surface area contributed by atoms with Gasteiger partial charge in [0, 0.05) is 11.1 Å². The third-order valence-corrected chi connectivity index (χ3v) is 5.94. The van der Waals surface area contributed by atoms with E-state index in [1.54, 1.807) is 23.9 Å². The lowest BCUT2D eigenvalue weighted by molar-refractivity contribution is 0.278. The van der Waals surface area contributed by atoms with E-state index in [2.05, 4.69) is 0 Å². The largest absolute Gasteiger partial charge is 0.497 e. The van der Waals surface area contributed by atoms with Crippen LogP contribution in [-0.4, -0.2) is 30.4 Å². The number of methoxy groups -OCH3 is 1. The van der Waals surface area contributed by atoms with Gasteiger partial charge in [0.2, 0.25) is 10.0 Å². The molecule has 7 nitrogen and oxygen atoms in total. The number of aromatic nitrogens is 2. The van der Waals surface area contributed by atoms with Crippen LogP contribution in [0.2, 0.25) is 0 Å². The summed E-state index contributed by atoms with van der Waals surface area (Å²) in [4.78, 5) is -0.111. The van der Waals surface area contributed by atoms with Gasteiger partial charge in [0.25, 0.3) is 0 Å². The first-order valence-electron chi connectivity index (χ1n) is 9.47. The molecule has 31 heavy (non-hydrogen) atoms. The summed E-state index contributed by atoms with van der Waals surface area (Å²) in [6.07, 6.45) is 0. The van der Waals surface area contributed by atoms with Crippen LogP contribution in [0.5, 0.6) is 5.75 Å². The Hall–Kier alpha value is -3.46. The fourth-order valence-electron chi connectivity index (χ4n) is 3.39. The lowest BCUT2D eigenvalue weighted by atomic mass is 10.1. The van der Waals surface area contributed by atoms with Crippen LogP contribution in [0.4, 0.5) is 0 Å². The summed E-state index contributed by atoms with van der Waals surface area (Å²) in [7, 11) is -2.35. The average molecular weight is 436 g/mol. The van der Waals surface area contributed by atoms with E-state index in [-0.39, 0.29) is 10.5 Å². The highest BCUT2D eigenvalue weighted by Gasteiger charge is 2.18. The van der Waals surface area contributed by atoms with Gasteiger partial charge in [0.1, 0.15) is 5.75 Å². The first-order valence-corrected chi connectivity index (χ1v) is 11.0. The summed E-state index contributed by atoms with van der Waals surface area (Å²) in [5.74, 6) is 0.734. The van der Waals surface area contributed by atoms with E-state index in [0.717, 1.165) is 28.3 Å². The second-order valence-corrected chi connectivity index (χ2v) is 8.45. The summed E-state index contributed by atoms with van der Waals surface area (Å²) >= 11 is 0. The van der Waals surface area contributed by atoms with Gasteiger partial charge in [0.15, 0.2) is 0 Å². The maximum atomic E-state index is 11.8. The van der Waals surface area contributed by atoms with E-state index in [1.807, 2.05) is 60.7 Å². The first-order chi connectivity index (χ1) is 14.9. The number of rotatable bonds is 6. The Labute approximate surface area is 180 Å². The Bertz CT molecular complexity index is 1310. The minimum Gasteiger partial charge on any atom is -0.497 e. The predicted molar refractivity (Wildman–Crippen MR) is 118 cm³/mol. The molecule has 0 saturated carbocycles. The molecule has 3 N–H and O–H groups in total. The second kappa shape index (κ2) is 8.35. The second-order valence-electron chi connectivity index (χ2n) is 6.92. The normalized spacial score (nSPS) is 11.5. The minimum absolute atomic E-state index is 0.111. The number of hydrogen-bond acceptors (Lipinski definition) is 5. The quantitative estimate of drug-likeness (QED) is 0.483. The standard InChI is InChI=1S/C23H21N3O4S/c1-30-20-10-7-17(8-11-20)22-14-21(16-5-3-2-4-6-16)25-26(22)19-9-12-23(31(24,28)29)18(13-19)15-27/h2-14,27H,15H2,1H3,(H2,24,28,29). The number of hydrogen-bond donors (Lipinski definition) is 2. The van der Waals surface area contributed by atoms with Gasteiger partial charge in [-0.1, -0.05) is 30.3 Å². The van der Waals surface area contributed by atoms with E-state index >= 15 is 0 Å². The molecule has 0 unspecified atom stereocenters. The number of benzene rings is 3. The molecule has 8 heteroatoms. The molecule has 4 rings (SSSR count). The van der Waals surface area contributed by atoms with Gasteiger partial charge in [-0.2, -0.15) is 5.10 Å². The highest BCUT2D eigenvalue weighted by atomic mass is 32.2. The monoisotopic (exact) mass is 435 g/mol. The number of primary sulfonamides is 1. The minimum atomic E-state index is -3.96. The summed E-state index contributed by atoms with van der Waals surface area (Å²) in [6.45, 7) is -0.468. The summed E-state index contributed by atoms with van der Waals surface area (Å²) in [5.41, 5.74) is 4.21. The average Bonchev–Trinajstić information content (AvgIpc) is 3.24. The van der Waals surface area contributed by atoms with Crippen molar-refractivity contribution < 1.29 is 18.3 Å². The van der Waals surface area contributed by atoms with Crippen molar-refractivity contribution >= 4 is 10.0 Å². The number of aliphatic hydroxyl groups excluding tert-OH is 1. The maximum Gasteiger partial charge on any atom is 0.238 e. The molecule has 0 aliphatic carbocycles. The van der Waals surface area contributed by atoms with Crippen molar-refractivity contribution in [3.05, 3.63) is 84.4 Å². The topological polar surface area (TPSA) is 107 Å². The Morgan fingerprint density at radius 1 is 0.968 bits per heavy atom. The molecule has 0 fully saturated rings. The Balaban J connectivity index is 1.91. The van der Waals surface area contributed by atoms with Crippen LogP contribution in [0.25, 0.3) is 28.2 Å². The molecule has 0 aliphatic heterocycles. The lowest BCUT2D eigenvalue weighted by Crippen LogP contribution is -2.15. The third-order valence-electron chi connectivity index (χ3n) is 4.93. The molecule has 0 spiro atoms. The molecule has 3 aromatic carbocycles. The molecule has 158 valence electrons. The van der Waals surface area contributed by atoms with Crippen molar-refractivity contribution in [2.45, 2.75) is 11.5 Å². The summed E-state index contributed by atoms with van der Waals surface area (Å²) in [5, 5.41) is 19.8. The van der Waals surface area contributed by atoms with Gasteiger partial charge >= 0.3 is 0 Å². The van der Waals surface area contributed by atoms with Crippen LogP contribution in [-0.2, 0) is 16.6 Å². The number of nitrogens with two attached hydrogens (primary N) is 1.